The fraction of sp³-hybridized carbons (Fsp3) is 0.100. The van der Waals surface area contributed by atoms with Gasteiger partial charge in [-0.3, -0.25) is 0 Å². The Morgan fingerprint density at radius 2 is 1.42 bits per heavy atom. The van der Waals surface area contributed by atoms with E-state index in [-0.39, 0.29) is 0 Å². The molecule has 1 aliphatic rings. The number of aryl methyl sites for hydroxylation is 1. The Bertz CT molecular complexity index is 1010. The normalized spacial score (nSPS) is 18.3. The van der Waals surface area contributed by atoms with E-state index in [2.05, 4.69) is 4.72 Å². The molecule has 0 saturated carbocycles. The molecule has 0 saturated heterocycles. The molecular formula is C20H17NO2S. The van der Waals surface area contributed by atoms with Gasteiger partial charge in [0.05, 0.1) is 10.9 Å². The summed E-state index contributed by atoms with van der Waals surface area (Å²) in [4.78, 5) is 0.326. The molecule has 4 heteroatoms. The van der Waals surface area contributed by atoms with Gasteiger partial charge in [-0.05, 0) is 29.7 Å². The second-order valence-corrected chi connectivity index (χ2v) is 7.73. The van der Waals surface area contributed by atoms with E-state index in [9.17, 15) is 8.42 Å². The van der Waals surface area contributed by atoms with Crippen LogP contribution in [-0.2, 0) is 10.0 Å². The quantitative estimate of drug-likeness (QED) is 0.729. The molecule has 1 N–H and O–H groups in total. The highest BCUT2D eigenvalue weighted by molar-refractivity contribution is 7.89. The summed E-state index contributed by atoms with van der Waals surface area (Å²) >= 11 is 0. The number of benzene rings is 3. The fourth-order valence-corrected chi connectivity index (χ4v) is 4.63. The molecule has 1 aliphatic heterocycles. The van der Waals surface area contributed by atoms with E-state index in [0.717, 1.165) is 27.8 Å². The maximum atomic E-state index is 12.9. The fourth-order valence-electron chi connectivity index (χ4n) is 3.21. The maximum Gasteiger partial charge on any atom is 0.242 e. The van der Waals surface area contributed by atoms with Crippen molar-refractivity contribution in [2.45, 2.75) is 17.9 Å². The zero-order valence-corrected chi connectivity index (χ0v) is 14.0. The van der Waals surface area contributed by atoms with Gasteiger partial charge in [0.1, 0.15) is 0 Å². The minimum atomic E-state index is -3.60. The van der Waals surface area contributed by atoms with E-state index in [1.165, 1.54) is 0 Å². The van der Waals surface area contributed by atoms with Gasteiger partial charge in [-0.15, -0.1) is 0 Å². The molecule has 0 radical (unpaired) electrons. The van der Waals surface area contributed by atoms with Crippen LogP contribution in [0.1, 0.15) is 22.7 Å². The first-order chi connectivity index (χ1) is 11.6. The summed E-state index contributed by atoms with van der Waals surface area (Å²) in [5, 5.41) is 0. The largest absolute Gasteiger partial charge is 0.242 e. The van der Waals surface area contributed by atoms with Crippen LogP contribution >= 0.6 is 0 Å². The summed E-state index contributed by atoms with van der Waals surface area (Å²) < 4.78 is 28.7. The number of nitrogens with one attached hydrogen (secondary N) is 1. The van der Waals surface area contributed by atoms with E-state index in [4.69, 9.17) is 0 Å². The number of rotatable bonds is 1. The Balaban J connectivity index is 2.00. The Labute approximate surface area is 142 Å². The van der Waals surface area contributed by atoms with Gasteiger partial charge in [-0.25, -0.2) is 8.42 Å². The molecule has 3 nitrogen and oxygen atoms in total. The van der Waals surface area contributed by atoms with Gasteiger partial charge in [-0.1, -0.05) is 72.3 Å². The lowest BCUT2D eigenvalue weighted by atomic mass is 9.91. The first-order valence-electron chi connectivity index (χ1n) is 7.83. The van der Waals surface area contributed by atoms with Crippen molar-refractivity contribution in [1.82, 2.24) is 4.72 Å². The minimum absolute atomic E-state index is 0.326. The van der Waals surface area contributed by atoms with Crippen molar-refractivity contribution in [2.75, 3.05) is 0 Å². The smallest absolute Gasteiger partial charge is 0.207 e. The van der Waals surface area contributed by atoms with E-state index < -0.39 is 16.1 Å². The van der Waals surface area contributed by atoms with Gasteiger partial charge in [0.15, 0.2) is 0 Å². The number of hydrogen-bond donors (Lipinski definition) is 1. The molecule has 4 rings (SSSR count). The second-order valence-electron chi connectivity index (χ2n) is 6.05. The van der Waals surface area contributed by atoms with Gasteiger partial charge < -0.3 is 0 Å². The Kier molecular flexibility index (Phi) is 3.52. The third-order valence-electron chi connectivity index (χ3n) is 4.42. The molecule has 120 valence electrons. The van der Waals surface area contributed by atoms with Crippen molar-refractivity contribution < 1.29 is 8.42 Å². The van der Waals surface area contributed by atoms with Crippen molar-refractivity contribution in [3.63, 3.8) is 0 Å². The van der Waals surface area contributed by atoms with Crippen LogP contribution < -0.4 is 4.72 Å². The van der Waals surface area contributed by atoms with E-state index in [0.29, 0.717) is 4.90 Å². The number of fused-ring (bicyclic) bond motifs is 3. The predicted molar refractivity (Wildman–Crippen MR) is 95.2 cm³/mol. The molecule has 0 bridgehead atoms. The molecule has 0 fully saturated rings. The average molecular weight is 335 g/mol. The standard InChI is InChI=1S/C20H17NO2S/c1-14-10-12-15(13-11-14)20-18-8-3-2-6-16(18)17-7-4-5-9-19(17)24(22,23)21-20/h2-13,20-21H,1H3. The van der Waals surface area contributed by atoms with Gasteiger partial charge >= 0.3 is 0 Å². The van der Waals surface area contributed by atoms with Crippen LogP contribution in [0.25, 0.3) is 11.1 Å². The molecular weight excluding hydrogens is 318 g/mol. The molecule has 0 aromatic heterocycles. The van der Waals surface area contributed by atoms with Crippen molar-refractivity contribution in [3.8, 4) is 11.1 Å². The SMILES string of the molecule is Cc1ccc(C2NS(=O)(=O)c3ccccc3-c3ccccc32)cc1. The van der Waals surface area contributed by atoms with Crippen LogP contribution in [-0.4, -0.2) is 8.42 Å². The van der Waals surface area contributed by atoms with Crippen LogP contribution in [0, 0.1) is 6.92 Å². The van der Waals surface area contributed by atoms with E-state index in [1.807, 2.05) is 67.6 Å². The second kappa shape index (κ2) is 5.58. The summed E-state index contributed by atoms with van der Waals surface area (Å²) in [5.41, 5.74) is 4.74. The summed E-state index contributed by atoms with van der Waals surface area (Å²) in [6.07, 6.45) is 0. The summed E-state index contributed by atoms with van der Waals surface area (Å²) in [6.45, 7) is 2.02. The van der Waals surface area contributed by atoms with Crippen molar-refractivity contribution >= 4 is 10.0 Å². The van der Waals surface area contributed by atoms with Crippen LogP contribution in [0.4, 0.5) is 0 Å². The van der Waals surface area contributed by atoms with Crippen molar-refractivity contribution in [3.05, 3.63) is 89.5 Å². The van der Waals surface area contributed by atoms with E-state index >= 15 is 0 Å². The zero-order chi connectivity index (χ0) is 16.7. The highest BCUT2D eigenvalue weighted by Gasteiger charge is 2.31. The summed E-state index contributed by atoms with van der Waals surface area (Å²) in [5.74, 6) is 0. The number of sulfonamides is 1. The summed E-state index contributed by atoms with van der Waals surface area (Å²) in [6, 6.07) is 22.6. The molecule has 1 heterocycles. The van der Waals surface area contributed by atoms with Gasteiger partial charge in [-0.2, -0.15) is 4.72 Å². The average Bonchev–Trinajstić information content (AvgIpc) is 2.70. The minimum Gasteiger partial charge on any atom is -0.207 e. The zero-order valence-electron chi connectivity index (χ0n) is 13.2. The molecule has 1 unspecified atom stereocenters. The van der Waals surface area contributed by atoms with Gasteiger partial charge in [0.2, 0.25) is 10.0 Å². The lowest BCUT2D eigenvalue weighted by molar-refractivity contribution is 0.574. The lowest BCUT2D eigenvalue weighted by Gasteiger charge is -2.19. The van der Waals surface area contributed by atoms with Crippen molar-refractivity contribution in [2.24, 2.45) is 0 Å². The highest BCUT2D eigenvalue weighted by atomic mass is 32.2. The first-order valence-corrected chi connectivity index (χ1v) is 9.32. The van der Waals surface area contributed by atoms with Gasteiger partial charge in [0, 0.05) is 5.56 Å². The molecule has 1 atom stereocenters. The lowest BCUT2D eigenvalue weighted by Crippen LogP contribution is -2.28. The van der Waals surface area contributed by atoms with Gasteiger partial charge in [0.25, 0.3) is 0 Å². The van der Waals surface area contributed by atoms with Crippen LogP contribution in [0.15, 0.2) is 77.7 Å². The Morgan fingerprint density at radius 1 is 0.792 bits per heavy atom. The monoisotopic (exact) mass is 335 g/mol. The Morgan fingerprint density at radius 3 is 2.17 bits per heavy atom. The third-order valence-corrected chi connectivity index (χ3v) is 5.90. The first kappa shape index (κ1) is 15.1. The summed E-state index contributed by atoms with van der Waals surface area (Å²) in [7, 11) is -3.60. The molecule has 24 heavy (non-hydrogen) atoms. The molecule has 3 aromatic carbocycles. The molecule has 0 amide bonds. The Hall–Kier alpha value is -2.43. The number of hydrogen-bond acceptors (Lipinski definition) is 2. The topological polar surface area (TPSA) is 46.2 Å². The third kappa shape index (κ3) is 2.44. The maximum absolute atomic E-state index is 12.9. The predicted octanol–water partition coefficient (Wildman–Crippen LogP) is 4.04. The van der Waals surface area contributed by atoms with Crippen LogP contribution in [0.5, 0.6) is 0 Å². The van der Waals surface area contributed by atoms with E-state index in [1.54, 1.807) is 12.1 Å². The molecule has 0 aliphatic carbocycles. The van der Waals surface area contributed by atoms with Crippen LogP contribution in [0.2, 0.25) is 0 Å². The van der Waals surface area contributed by atoms with Crippen molar-refractivity contribution in [1.29, 1.82) is 0 Å². The molecule has 0 spiro atoms. The highest BCUT2D eigenvalue weighted by Crippen LogP contribution is 2.39. The molecule has 3 aromatic rings. The van der Waals surface area contributed by atoms with Crippen LogP contribution in [0.3, 0.4) is 0 Å².